The molecule has 2 aromatic rings. The number of hydrogen-bond acceptors (Lipinski definition) is 5. The molecule has 0 radical (unpaired) electrons. The van der Waals surface area contributed by atoms with Crippen LogP contribution in [0.1, 0.15) is 16.1 Å². The summed E-state index contributed by atoms with van der Waals surface area (Å²) in [6.07, 6.45) is 0. The van der Waals surface area contributed by atoms with Crippen LogP contribution in [0.2, 0.25) is 5.02 Å². The van der Waals surface area contributed by atoms with Crippen molar-refractivity contribution in [3.63, 3.8) is 0 Å². The Balaban J connectivity index is 2.17. The lowest BCUT2D eigenvalue weighted by molar-refractivity contribution is 0.102. The molecular weight excluding hydrogens is 266 g/mol. The number of rotatable bonds is 2. The molecule has 0 saturated heterocycles. The molecule has 0 aliphatic rings. The number of nitriles is 1. The van der Waals surface area contributed by atoms with Crippen LogP contribution in [0.3, 0.4) is 0 Å². The van der Waals surface area contributed by atoms with Crippen LogP contribution in [0.4, 0.5) is 11.5 Å². The summed E-state index contributed by atoms with van der Waals surface area (Å²) in [5.41, 5.74) is 6.32. The minimum absolute atomic E-state index is 0.134. The molecule has 7 heteroatoms. The number of hydrogen-bond donors (Lipinski definition) is 2. The quantitative estimate of drug-likeness (QED) is 0.868. The van der Waals surface area contributed by atoms with E-state index in [4.69, 9.17) is 22.6 Å². The first-order valence-electron chi connectivity index (χ1n) is 5.20. The van der Waals surface area contributed by atoms with E-state index < -0.39 is 5.91 Å². The Morgan fingerprint density at radius 3 is 2.68 bits per heavy atom. The fourth-order valence-electron chi connectivity index (χ4n) is 1.34. The van der Waals surface area contributed by atoms with Crippen molar-refractivity contribution in [2.75, 3.05) is 11.1 Å². The van der Waals surface area contributed by atoms with E-state index in [0.29, 0.717) is 11.3 Å². The van der Waals surface area contributed by atoms with E-state index in [-0.39, 0.29) is 16.5 Å². The number of aromatic nitrogens is 2. The van der Waals surface area contributed by atoms with Crippen molar-refractivity contribution in [3.8, 4) is 6.07 Å². The van der Waals surface area contributed by atoms with Crippen molar-refractivity contribution in [1.82, 2.24) is 10.2 Å². The molecule has 0 spiro atoms. The molecule has 3 N–H and O–H groups in total. The topological polar surface area (TPSA) is 105 Å². The predicted octanol–water partition coefficient (Wildman–Crippen LogP) is 1.84. The van der Waals surface area contributed by atoms with Gasteiger partial charge in [0.1, 0.15) is 11.9 Å². The molecular formula is C12H8ClN5O. The van der Waals surface area contributed by atoms with Gasteiger partial charge in [0, 0.05) is 5.69 Å². The van der Waals surface area contributed by atoms with Gasteiger partial charge < -0.3 is 11.1 Å². The maximum absolute atomic E-state index is 11.8. The number of nitrogens with zero attached hydrogens (tertiary/aromatic N) is 3. The van der Waals surface area contributed by atoms with Gasteiger partial charge in [0.2, 0.25) is 0 Å². The predicted molar refractivity (Wildman–Crippen MR) is 70.6 cm³/mol. The summed E-state index contributed by atoms with van der Waals surface area (Å²) in [6.45, 7) is 0. The van der Waals surface area contributed by atoms with Gasteiger partial charge in [-0.15, -0.1) is 10.2 Å². The van der Waals surface area contributed by atoms with Crippen LogP contribution >= 0.6 is 11.6 Å². The first kappa shape index (κ1) is 12.8. The number of nitrogen functional groups attached to an aromatic ring is 1. The van der Waals surface area contributed by atoms with E-state index in [1.807, 2.05) is 6.07 Å². The van der Waals surface area contributed by atoms with Gasteiger partial charge in [-0.25, -0.2) is 0 Å². The summed E-state index contributed by atoms with van der Waals surface area (Å²) in [5, 5.41) is 18.8. The third-order valence-electron chi connectivity index (χ3n) is 2.27. The molecule has 0 atom stereocenters. The number of halogens is 1. The molecule has 2 rings (SSSR count). The largest absolute Gasteiger partial charge is 0.382 e. The average molecular weight is 274 g/mol. The van der Waals surface area contributed by atoms with Crippen LogP contribution < -0.4 is 11.1 Å². The van der Waals surface area contributed by atoms with Gasteiger partial charge in [-0.1, -0.05) is 11.6 Å². The number of carbonyl (C=O) groups excluding carboxylic acids is 1. The molecule has 19 heavy (non-hydrogen) atoms. The van der Waals surface area contributed by atoms with Crippen LogP contribution in [0, 0.1) is 11.3 Å². The Bertz CT molecular complexity index is 663. The fourth-order valence-corrected chi connectivity index (χ4v) is 1.57. The third kappa shape index (κ3) is 2.97. The van der Waals surface area contributed by atoms with Gasteiger partial charge in [0.05, 0.1) is 10.6 Å². The zero-order valence-electron chi connectivity index (χ0n) is 9.59. The highest BCUT2D eigenvalue weighted by Gasteiger charge is 2.09. The van der Waals surface area contributed by atoms with E-state index in [1.165, 1.54) is 24.3 Å². The smallest absolute Gasteiger partial charge is 0.276 e. The molecule has 6 nitrogen and oxygen atoms in total. The number of amides is 1. The van der Waals surface area contributed by atoms with Gasteiger partial charge in [-0.2, -0.15) is 5.26 Å². The van der Waals surface area contributed by atoms with Crippen molar-refractivity contribution in [3.05, 3.63) is 46.6 Å². The number of nitrogens with two attached hydrogens (primary N) is 1. The Hall–Kier alpha value is -2.65. The zero-order valence-corrected chi connectivity index (χ0v) is 10.3. The molecule has 0 fully saturated rings. The molecule has 0 bridgehead atoms. The van der Waals surface area contributed by atoms with Crippen molar-refractivity contribution in [2.45, 2.75) is 0 Å². The summed E-state index contributed by atoms with van der Waals surface area (Å²) >= 11 is 5.86. The molecule has 0 unspecified atom stereocenters. The summed E-state index contributed by atoms with van der Waals surface area (Å²) in [7, 11) is 0. The molecule has 1 aromatic carbocycles. The van der Waals surface area contributed by atoms with E-state index in [2.05, 4.69) is 15.5 Å². The van der Waals surface area contributed by atoms with Gasteiger partial charge >= 0.3 is 0 Å². The molecule has 0 saturated carbocycles. The van der Waals surface area contributed by atoms with Crippen molar-refractivity contribution < 1.29 is 4.79 Å². The van der Waals surface area contributed by atoms with Crippen LogP contribution in [-0.4, -0.2) is 16.1 Å². The summed E-state index contributed by atoms with van der Waals surface area (Å²) in [5.74, 6) is -0.203. The second kappa shape index (κ2) is 5.33. The van der Waals surface area contributed by atoms with Crippen LogP contribution in [0.5, 0.6) is 0 Å². The maximum Gasteiger partial charge on any atom is 0.276 e. The Kier molecular flexibility index (Phi) is 3.59. The number of nitrogens with one attached hydrogen (secondary N) is 1. The van der Waals surface area contributed by atoms with E-state index in [0.717, 1.165) is 0 Å². The second-order valence-electron chi connectivity index (χ2n) is 3.60. The SMILES string of the molecule is N#Cc1ccc(NC(=O)c2ccc(N)nn2)cc1Cl. The third-order valence-corrected chi connectivity index (χ3v) is 2.58. The summed E-state index contributed by atoms with van der Waals surface area (Å²) in [4.78, 5) is 11.8. The van der Waals surface area contributed by atoms with Crippen LogP contribution in [0.15, 0.2) is 30.3 Å². The summed E-state index contributed by atoms with van der Waals surface area (Å²) in [6, 6.07) is 9.46. The minimum Gasteiger partial charge on any atom is -0.382 e. The lowest BCUT2D eigenvalue weighted by Gasteiger charge is -2.05. The van der Waals surface area contributed by atoms with Gasteiger partial charge in [0.15, 0.2) is 5.69 Å². The van der Waals surface area contributed by atoms with Crippen LogP contribution in [0.25, 0.3) is 0 Å². The lowest BCUT2D eigenvalue weighted by Crippen LogP contribution is -2.14. The molecule has 0 aliphatic carbocycles. The van der Waals surface area contributed by atoms with Crippen molar-refractivity contribution in [1.29, 1.82) is 5.26 Å². The second-order valence-corrected chi connectivity index (χ2v) is 4.01. The monoisotopic (exact) mass is 273 g/mol. The molecule has 0 aliphatic heterocycles. The van der Waals surface area contributed by atoms with E-state index >= 15 is 0 Å². The lowest BCUT2D eigenvalue weighted by atomic mass is 10.2. The average Bonchev–Trinajstić information content (AvgIpc) is 2.39. The summed E-state index contributed by atoms with van der Waals surface area (Å²) < 4.78 is 0. The van der Waals surface area contributed by atoms with Crippen molar-refractivity contribution in [2.24, 2.45) is 0 Å². The molecule has 94 valence electrons. The van der Waals surface area contributed by atoms with Crippen molar-refractivity contribution >= 4 is 29.0 Å². The minimum atomic E-state index is -0.437. The maximum atomic E-state index is 11.8. The van der Waals surface area contributed by atoms with Gasteiger partial charge in [-0.3, -0.25) is 4.79 Å². The van der Waals surface area contributed by atoms with Gasteiger partial charge in [0.25, 0.3) is 5.91 Å². The molecule has 1 amide bonds. The first-order chi connectivity index (χ1) is 9.10. The molecule has 1 heterocycles. The highest BCUT2D eigenvalue weighted by Crippen LogP contribution is 2.20. The highest BCUT2D eigenvalue weighted by atomic mass is 35.5. The van der Waals surface area contributed by atoms with Gasteiger partial charge in [-0.05, 0) is 30.3 Å². The van der Waals surface area contributed by atoms with E-state index in [9.17, 15) is 4.79 Å². The Morgan fingerprint density at radius 2 is 2.11 bits per heavy atom. The zero-order chi connectivity index (χ0) is 13.8. The highest BCUT2D eigenvalue weighted by molar-refractivity contribution is 6.32. The standard InChI is InChI=1S/C12H8ClN5O/c13-9-5-8(2-1-7(9)6-14)16-12(19)10-3-4-11(15)18-17-10/h1-5H,(H2,15,18)(H,16,19). The van der Waals surface area contributed by atoms with Crippen LogP contribution in [-0.2, 0) is 0 Å². The molecule has 1 aromatic heterocycles. The Labute approximate surface area is 113 Å². The normalized spacial score (nSPS) is 9.68. The first-order valence-corrected chi connectivity index (χ1v) is 5.58. The Morgan fingerprint density at radius 1 is 1.32 bits per heavy atom. The number of carbonyl (C=O) groups is 1. The fraction of sp³-hybridized carbons (Fsp3) is 0. The number of anilines is 2. The van der Waals surface area contributed by atoms with E-state index in [1.54, 1.807) is 6.07 Å². The number of benzene rings is 1.